The van der Waals surface area contributed by atoms with E-state index in [4.69, 9.17) is 9.47 Å². The predicted octanol–water partition coefficient (Wildman–Crippen LogP) is -0.140. The van der Waals surface area contributed by atoms with E-state index in [-0.39, 0.29) is 24.2 Å². The number of carbonyl (C=O) groups excluding carboxylic acids is 2. The van der Waals surface area contributed by atoms with Gasteiger partial charge in [0.05, 0.1) is 32.3 Å². The van der Waals surface area contributed by atoms with Gasteiger partial charge in [0.1, 0.15) is 18.8 Å². The van der Waals surface area contributed by atoms with Crippen molar-refractivity contribution in [1.29, 1.82) is 0 Å². The molecule has 0 bridgehead atoms. The number of hydrogen-bond acceptors (Lipinski definition) is 4. The molecule has 0 aromatic heterocycles. The molecule has 0 saturated carbocycles. The third-order valence-electron chi connectivity index (χ3n) is 5.16. The van der Waals surface area contributed by atoms with E-state index in [1.165, 1.54) is 4.90 Å². The quantitative estimate of drug-likeness (QED) is 0.620. The van der Waals surface area contributed by atoms with E-state index in [1.54, 1.807) is 4.90 Å². The molecule has 2 aliphatic rings. The molecule has 148 valence electrons. The molecule has 2 heterocycles. The minimum atomic E-state index is -0.278. The van der Waals surface area contributed by atoms with E-state index in [2.05, 4.69) is 5.32 Å². The topological polar surface area (TPSA) is 72.3 Å². The predicted molar refractivity (Wildman–Crippen MR) is 102 cm³/mol. The van der Waals surface area contributed by atoms with Crippen LogP contribution in [0.25, 0.3) is 0 Å². The van der Waals surface area contributed by atoms with Gasteiger partial charge in [0, 0.05) is 31.6 Å². The van der Waals surface area contributed by atoms with Crippen LogP contribution in [-0.4, -0.2) is 64.4 Å². The SMILES string of the molecule is CCOc1ccc(N2C[C@@H](C(=O)NCCC[NH+]3CCOCC3)CC2=O)cc1. The lowest BCUT2D eigenvalue weighted by molar-refractivity contribution is -0.908. The van der Waals surface area contributed by atoms with Gasteiger partial charge in [0.25, 0.3) is 0 Å². The summed E-state index contributed by atoms with van der Waals surface area (Å²) in [5.74, 6) is 0.482. The Morgan fingerprint density at radius 3 is 2.74 bits per heavy atom. The molecule has 7 heteroatoms. The second-order valence-corrected chi connectivity index (χ2v) is 7.09. The summed E-state index contributed by atoms with van der Waals surface area (Å²) in [6, 6.07) is 7.45. The molecule has 0 spiro atoms. The molecule has 1 aromatic carbocycles. The number of nitrogens with one attached hydrogen (secondary N) is 2. The van der Waals surface area contributed by atoms with Gasteiger partial charge in [-0.2, -0.15) is 0 Å². The Morgan fingerprint density at radius 2 is 2.04 bits per heavy atom. The highest BCUT2D eigenvalue weighted by Gasteiger charge is 2.35. The first-order valence-corrected chi connectivity index (χ1v) is 9.89. The van der Waals surface area contributed by atoms with Crippen molar-refractivity contribution in [2.24, 2.45) is 5.92 Å². The fraction of sp³-hybridized carbons (Fsp3) is 0.600. The number of nitrogens with zero attached hydrogens (tertiary/aromatic N) is 1. The molecule has 2 fully saturated rings. The number of benzene rings is 1. The second kappa shape index (κ2) is 9.71. The van der Waals surface area contributed by atoms with E-state index in [9.17, 15) is 9.59 Å². The largest absolute Gasteiger partial charge is 0.494 e. The molecule has 27 heavy (non-hydrogen) atoms. The minimum absolute atomic E-state index is 0.00271. The Morgan fingerprint density at radius 1 is 1.30 bits per heavy atom. The van der Waals surface area contributed by atoms with Gasteiger partial charge in [-0.25, -0.2) is 0 Å². The van der Waals surface area contributed by atoms with Crippen molar-refractivity contribution in [2.75, 3.05) is 57.4 Å². The molecule has 7 nitrogen and oxygen atoms in total. The third-order valence-corrected chi connectivity index (χ3v) is 5.16. The lowest BCUT2D eigenvalue weighted by Gasteiger charge is -2.23. The zero-order valence-corrected chi connectivity index (χ0v) is 16.0. The number of morpholine rings is 1. The van der Waals surface area contributed by atoms with Crippen molar-refractivity contribution in [3.8, 4) is 5.75 Å². The van der Waals surface area contributed by atoms with Gasteiger partial charge in [0.2, 0.25) is 11.8 Å². The summed E-state index contributed by atoms with van der Waals surface area (Å²) >= 11 is 0. The van der Waals surface area contributed by atoms with Gasteiger partial charge in [-0.05, 0) is 31.2 Å². The second-order valence-electron chi connectivity index (χ2n) is 7.09. The highest BCUT2D eigenvalue weighted by atomic mass is 16.5. The van der Waals surface area contributed by atoms with E-state index < -0.39 is 0 Å². The molecule has 0 unspecified atom stereocenters. The van der Waals surface area contributed by atoms with Crippen LogP contribution in [-0.2, 0) is 14.3 Å². The van der Waals surface area contributed by atoms with E-state index in [0.717, 1.165) is 50.7 Å². The zero-order chi connectivity index (χ0) is 19.1. The van der Waals surface area contributed by atoms with Gasteiger partial charge in [-0.3, -0.25) is 9.59 Å². The molecule has 2 saturated heterocycles. The van der Waals surface area contributed by atoms with Crippen molar-refractivity contribution in [1.82, 2.24) is 5.32 Å². The van der Waals surface area contributed by atoms with Gasteiger partial charge in [-0.1, -0.05) is 0 Å². The number of rotatable bonds is 8. The number of amides is 2. The first kappa shape index (κ1) is 19.6. The fourth-order valence-electron chi connectivity index (χ4n) is 3.63. The Kier molecular flexibility index (Phi) is 7.06. The first-order chi connectivity index (χ1) is 13.2. The molecule has 2 amide bonds. The van der Waals surface area contributed by atoms with Gasteiger partial charge < -0.3 is 24.6 Å². The summed E-state index contributed by atoms with van der Waals surface area (Å²) in [6.45, 7) is 8.43. The van der Waals surface area contributed by atoms with Crippen molar-refractivity contribution < 1.29 is 24.0 Å². The first-order valence-electron chi connectivity index (χ1n) is 9.89. The number of quaternary nitrogens is 1. The average molecular weight is 376 g/mol. The van der Waals surface area contributed by atoms with Crippen molar-refractivity contribution in [3.63, 3.8) is 0 Å². The maximum Gasteiger partial charge on any atom is 0.227 e. The highest BCUT2D eigenvalue weighted by molar-refractivity contribution is 6.00. The normalized spacial score (nSPS) is 20.7. The van der Waals surface area contributed by atoms with Crippen LogP contribution in [0.15, 0.2) is 24.3 Å². The van der Waals surface area contributed by atoms with Gasteiger partial charge in [0.15, 0.2) is 0 Å². The van der Waals surface area contributed by atoms with Crippen LogP contribution in [0.4, 0.5) is 5.69 Å². The molecule has 0 radical (unpaired) electrons. The maximum atomic E-state index is 12.4. The van der Waals surface area contributed by atoms with Crippen LogP contribution >= 0.6 is 0 Å². The smallest absolute Gasteiger partial charge is 0.227 e. The Labute approximate surface area is 160 Å². The lowest BCUT2D eigenvalue weighted by atomic mass is 10.1. The maximum absolute atomic E-state index is 12.4. The molecule has 2 N–H and O–H groups in total. The van der Waals surface area contributed by atoms with E-state index in [0.29, 0.717) is 19.7 Å². The summed E-state index contributed by atoms with van der Waals surface area (Å²) in [5.41, 5.74) is 0.815. The number of ether oxygens (including phenoxy) is 2. The monoisotopic (exact) mass is 376 g/mol. The van der Waals surface area contributed by atoms with Crippen LogP contribution in [0.2, 0.25) is 0 Å². The van der Waals surface area contributed by atoms with Gasteiger partial charge in [-0.15, -0.1) is 0 Å². The molecule has 2 aliphatic heterocycles. The summed E-state index contributed by atoms with van der Waals surface area (Å²) in [7, 11) is 0. The summed E-state index contributed by atoms with van der Waals surface area (Å²) in [5, 5.41) is 3.00. The van der Waals surface area contributed by atoms with Crippen LogP contribution in [0, 0.1) is 5.92 Å². The Bertz CT molecular complexity index is 629. The van der Waals surface area contributed by atoms with Crippen molar-refractivity contribution in [2.45, 2.75) is 19.8 Å². The number of carbonyl (C=O) groups is 2. The summed E-state index contributed by atoms with van der Waals surface area (Å²) in [6.07, 6.45) is 1.22. The Hall–Kier alpha value is -2.12. The summed E-state index contributed by atoms with van der Waals surface area (Å²) in [4.78, 5) is 28.0. The van der Waals surface area contributed by atoms with Crippen LogP contribution in [0.1, 0.15) is 19.8 Å². The molecule has 3 rings (SSSR count). The molecular formula is C20H30N3O4+. The number of hydrogen-bond donors (Lipinski definition) is 2. The van der Waals surface area contributed by atoms with Crippen LogP contribution in [0.3, 0.4) is 0 Å². The van der Waals surface area contributed by atoms with Crippen molar-refractivity contribution in [3.05, 3.63) is 24.3 Å². The lowest BCUT2D eigenvalue weighted by Crippen LogP contribution is -3.14. The van der Waals surface area contributed by atoms with Crippen LogP contribution in [0.5, 0.6) is 5.75 Å². The minimum Gasteiger partial charge on any atom is -0.494 e. The van der Waals surface area contributed by atoms with E-state index in [1.807, 2.05) is 31.2 Å². The number of anilines is 1. The van der Waals surface area contributed by atoms with Crippen molar-refractivity contribution >= 4 is 17.5 Å². The molecule has 0 aliphatic carbocycles. The standard InChI is InChI=1S/C20H29N3O4/c1-2-27-18-6-4-17(5-7-18)23-15-16(14-19(23)24)20(25)21-8-3-9-22-10-12-26-13-11-22/h4-7,16H,2-3,8-15H2,1H3,(H,21,25)/p+1/t16-/m0/s1. The molecular weight excluding hydrogens is 346 g/mol. The fourth-order valence-corrected chi connectivity index (χ4v) is 3.63. The molecule has 1 aromatic rings. The van der Waals surface area contributed by atoms with Crippen LogP contribution < -0.4 is 19.9 Å². The van der Waals surface area contributed by atoms with E-state index >= 15 is 0 Å². The summed E-state index contributed by atoms with van der Waals surface area (Å²) < 4.78 is 10.8. The average Bonchev–Trinajstić information content (AvgIpc) is 3.09. The highest BCUT2D eigenvalue weighted by Crippen LogP contribution is 2.27. The molecule has 1 atom stereocenters. The Balaban J connectivity index is 1.42. The van der Waals surface area contributed by atoms with Gasteiger partial charge >= 0.3 is 0 Å². The third kappa shape index (κ3) is 5.43. The zero-order valence-electron chi connectivity index (χ0n) is 16.0.